The molecule has 2 aromatic rings. The van der Waals surface area contributed by atoms with Crippen LogP contribution in [0.2, 0.25) is 0 Å². The van der Waals surface area contributed by atoms with Crippen LogP contribution in [-0.2, 0) is 20.7 Å². The van der Waals surface area contributed by atoms with E-state index in [1.165, 1.54) is 0 Å². The molecule has 0 aromatic heterocycles. The molecule has 0 spiro atoms. The van der Waals surface area contributed by atoms with Crippen molar-refractivity contribution in [1.29, 1.82) is 0 Å². The van der Waals surface area contributed by atoms with Gasteiger partial charge in [0.25, 0.3) is 11.8 Å². The summed E-state index contributed by atoms with van der Waals surface area (Å²) in [5, 5.41) is 5.62. The Morgan fingerprint density at radius 3 is 2.21 bits per heavy atom. The van der Waals surface area contributed by atoms with Crippen LogP contribution in [-0.4, -0.2) is 36.5 Å². The first-order valence-corrected chi connectivity index (χ1v) is 9.97. The second-order valence-corrected chi connectivity index (χ2v) is 7.24. The number of benzene rings is 2. The smallest absolute Gasteiger partial charge is 0.329 e. The molecule has 2 N–H and O–H groups in total. The van der Waals surface area contributed by atoms with Gasteiger partial charge >= 0.3 is 5.97 Å². The molecule has 1 atom stereocenters. The Morgan fingerprint density at radius 2 is 1.55 bits per heavy atom. The molecule has 1 saturated carbocycles. The second kappa shape index (κ2) is 10.4. The summed E-state index contributed by atoms with van der Waals surface area (Å²) in [5.41, 5.74) is 1.34. The molecule has 1 fully saturated rings. The number of rotatable bonds is 8. The molecule has 0 radical (unpaired) electrons. The van der Waals surface area contributed by atoms with Crippen LogP contribution in [0, 0.1) is 0 Å². The van der Waals surface area contributed by atoms with Crippen LogP contribution in [0.15, 0.2) is 60.7 Å². The summed E-state index contributed by atoms with van der Waals surface area (Å²) >= 11 is 0. The minimum Gasteiger partial charge on any atom is -0.454 e. The Kier molecular flexibility index (Phi) is 7.39. The topological polar surface area (TPSA) is 84.5 Å². The van der Waals surface area contributed by atoms with Crippen LogP contribution in [0.1, 0.15) is 41.6 Å². The Hall–Kier alpha value is -3.15. The van der Waals surface area contributed by atoms with Gasteiger partial charge in [-0.1, -0.05) is 61.4 Å². The number of carbonyl (C=O) groups is 3. The molecule has 0 saturated heterocycles. The van der Waals surface area contributed by atoms with Crippen molar-refractivity contribution in [3.05, 3.63) is 71.8 Å². The minimum absolute atomic E-state index is 0.166. The lowest BCUT2D eigenvalue weighted by Crippen LogP contribution is -2.44. The third-order valence-electron chi connectivity index (χ3n) is 4.97. The number of hydrogen-bond donors (Lipinski definition) is 2. The molecule has 6 nitrogen and oxygen atoms in total. The third-order valence-corrected chi connectivity index (χ3v) is 4.97. The zero-order chi connectivity index (χ0) is 20.5. The molecule has 0 heterocycles. The molecule has 1 aliphatic rings. The quantitative estimate of drug-likeness (QED) is 0.674. The lowest BCUT2D eigenvalue weighted by atomic mass is 10.1. The molecule has 2 aromatic carbocycles. The van der Waals surface area contributed by atoms with Crippen LogP contribution >= 0.6 is 0 Å². The lowest BCUT2D eigenvalue weighted by molar-refractivity contribution is -0.150. The summed E-state index contributed by atoms with van der Waals surface area (Å²) in [6.45, 7) is -0.345. The minimum atomic E-state index is -0.885. The first kappa shape index (κ1) is 20.6. The van der Waals surface area contributed by atoms with Crippen LogP contribution < -0.4 is 10.6 Å². The van der Waals surface area contributed by atoms with Gasteiger partial charge in [-0.3, -0.25) is 9.59 Å². The average Bonchev–Trinajstić information content (AvgIpc) is 3.26. The van der Waals surface area contributed by atoms with Gasteiger partial charge in [0.15, 0.2) is 6.61 Å². The molecule has 0 bridgehead atoms. The lowest BCUT2D eigenvalue weighted by Gasteiger charge is -2.18. The predicted molar refractivity (Wildman–Crippen MR) is 109 cm³/mol. The fraction of sp³-hybridized carbons (Fsp3) is 0.348. The highest BCUT2D eigenvalue weighted by Crippen LogP contribution is 2.17. The standard InChI is InChI=1S/C23H26N2O4/c26-21(24-19-13-7-8-14-19)16-29-23(28)20(15-17-9-3-1-4-10-17)25-22(27)18-11-5-2-6-12-18/h1-6,9-12,19-20H,7-8,13-16H2,(H,24,26)(H,25,27). The van der Waals surface area contributed by atoms with Gasteiger partial charge in [-0.05, 0) is 30.5 Å². The first-order chi connectivity index (χ1) is 14.1. The number of amides is 2. The Labute approximate surface area is 170 Å². The van der Waals surface area contributed by atoms with E-state index in [4.69, 9.17) is 4.74 Å². The van der Waals surface area contributed by atoms with Crippen LogP contribution in [0.3, 0.4) is 0 Å². The monoisotopic (exact) mass is 394 g/mol. The molecular weight excluding hydrogens is 368 g/mol. The Bertz CT molecular complexity index is 817. The van der Waals surface area contributed by atoms with E-state index in [0.717, 1.165) is 31.2 Å². The van der Waals surface area contributed by atoms with E-state index in [-0.39, 0.29) is 30.9 Å². The van der Waals surface area contributed by atoms with Crippen LogP contribution in [0.4, 0.5) is 0 Å². The van der Waals surface area contributed by atoms with Gasteiger partial charge in [0, 0.05) is 18.0 Å². The zero-order valence-corrected chi connectivity index (χ0v) is 16.3. The summed E-state index contributed by atoms with van der Waals surface area (Å²) in [6, 6.07) is 17.3. The predicted octanol–water partition coefficient (Wildman–Crippen LogP) is 2.63. The molecule has 2 amide bonds. The van der Waals surface area contributed by atoms with Gasteiger partial charge in [0.05, 0.1) is 0 Å². The summed E-state index contributed by atoms with van der Waals surface area (Å²) in [4.78, 5) is 37.2. The van der Waals surface area contributed by atoms with Crippen LogP contribution in [0.25, 0.3) is 0 Å². The van der Waals surface area contributed by atoms with Gasteiger partial charge in [-0.2, -0.15) is 0 Å². The van der Waals surface area contributed by atoms with Crippen molar-refractivity contribution in [3.8, 4) is 0 Å². The van der Waals surface area contributed by atoms with E-state index < -0.39 is 12.0 Å². The number of carbonyl (C=O) groups excluding carboxylic acids is 3. The van der Waals surface area contributed by atoms with Gasteiger partial charge in [-0.15, -0.1) is 0 Å². The summed E-state index contributed by atoms with van der Waals surface area (Å²) in [7, 11) is 0. The molecular formula is C23H26N2O4. The van der Waals surface area contributed by atoms with Crippen molar-refractivity contribution in [2.75, 3.05) is 6.61 Å². The second-order valence-electron chi connectivity index (χ2n) is 7.24. The van der Waals surface area contributed by atoms with Crippen molar-refractivity contribution < 1.29 is 19.1 Å². The van der Waals surface area contributed by atoms with E-state index in [0.29, 0.717) is 5.56 Å². The van der Waals surface area contributed by atoms with E-state index in [2.05, 4.69) is 10.6 Å². The van der Waals surface area contributed by atoms with Gasteiger partial charge in [-0.25, -0.2) is 4.79 Å². The van der Waals surface area contributed by atoms with Crippen LogP contribution in [0.5, 0.6) is 0 Å². The average molecular weight is 394 g/mol. The molecule has 29 heavy (non-hydrogen) atoms. The molecule has 152 valence electrons. The molecule has 1 aliphatic carbocycles. The normalized spacial score (nSPS) is 14.8. The van der Waals surface area contributed by atoms with E-state index in [1.807, 2.05) is 36.4 Å². The van der Waals surface area contributed by atoms with E-state index in [1.54, 1.807) is 24.3 Å². The SMILES string of the molecule is O=C(COC(=O)C(Cc1ccccc1)NC(=O)c1ccccc1)NC1CCCC1. The maximum atomic E-state index is 12.6. The molecule has 1 unspecified atom stereocenters. The summed E-state index contributed by atoms with van der Waals surface area (Å²) < 4.78 is 5.22. The zero-order valence-electron chi connectivity index (χ0n) is 16.3. The Balaban J connectivity index is 1.60. The van der Waals surface area contributed by atoms with Gasteiger partial charge in [0.2, 0.25) is 0 Å². The fourth-order valence-electron chi connectivity index (χ4n) is 3.45. The number of hydrogen-bond acceptors (Lipinski definition) is 4. The largest absolute Gasteiger partial charge is 0.454 e. The summed E-state index contributed by atoms with van der Waals surface area (Å²) in [6.07, 6.45) is 4.42. The molecule has 0 aliphatic heterocycles. The van der Waals surface area contributed by atoms with Gasteiger partial charge < -0.3 is 15.4 Å². The Morgan fingerprint density at radius 1 is 0.931 bits per heavy atom. The number of esters is 1. The highest BCUT2D eigenvalue weighted by molar-refractivity contribution is 5.97. The highest BCUT2D eigenvalue weighted by Gasteiger charge is 2.25. The fourth-order valence-corrected chi connectivity index (χ4v) is 3.45. The first-order valence-electron chi connectivity index (χ1n) is 9.97. The van der Waals surface area contributed by atoms with Crippen molar-refractivity contribution in [1.82, 2.24) is 10.6 Å². The van der Waals surface area contributed by atoms with E-state index in [9.17, 15) is 14.4 Å². The number of nitrogens with one attached hydrogen (secondary N) is 2. The van der Waals surface area contributed by atoms with Crippen molar-refractivity contribution in [2.24, 2.45) is 0 Å². The maximum absolute atomic E-state index is 12.6. The number of ether oxygens (including phenoxy) is 1. The van der Waals surface area contributed by atoms with Crippen molar-refractivity contribution in [3.63, 3.8) is 0 Å². The third kappa shape index (κ3) is 6.45. The maximum Gasteiger partial charge on any atom is 0.329 e. The highest BCUT2D eigenvalue weighted by atomic mass is 16.5. The van der Waals surface area contributed by atoms with Crippen molar-refractivity contribution in [2.45, 2.75) is 44.2 Å². The summed E-state index contributed by atoms with van der Waals surface area (Å²) in [5.74, 6) is -1.29. The van der Waals surface area contributed by atoms with Crippen molar-refractivity contribution >= 4 is 17.8 Å². The van der Waals surface area contributed by atoms with E-state index >= 15 is 0 Å². The molecule has 6 heteroatoms. The van der Waals surface area contributed by atoms with Gasteiger partial charge in [0.1, 0.15) is 6.04 Å². The molecule has 3 rings (SSSR count).